The SMILES string of the molecule is CCCc1ccc(NS(=O)(=O)c2ccccc2[N+](=O)[O-])cc1. The normalized spacial score (nSPS) is 11.1. The summed E-state index contributed by atoms with van der Waals surface area (Å²) in [6.07, 6.45) is 1.92. The molecule has 6 nitrogen and oxygen atoms in total. The smallest absolute Gasteiger partial charge is 0.279 e. The maximum atomic E-state index is 12.3. The molecule has 1 N–H and O–H groups in total. The number of benzene rings is 2. The predicted molar refractivity (Wildman–Crippen MR) is 84.3 cm³/mol. The van der Waals surface area contributed by atoms with Crippen LogP contribution >= 0.6 is 0 Å². The maximum Gasteiger partial charge on any atom is 0.289 e. The fourth-order valence-corrected chi connectivity index (χ4v) is 3.31. The van der Waals surface area contributed by atoms with Gasteiger partial charge in [-0.2, -0.15) is 0 Å². The van der Waals surface area contributed by atoms with Crippen molar-refractivity contribution in [1.29, 1.82) is 0 Å². The molecule has 0 fully saturated rings. The highest BCUT2D eigenvalue weighted by Crippen LogP contribution is 2.25. The highest BCUT2D eigenvalue weighted by Gasteiger charge is 2.24. The molecule has 0 bridgehead atoms. The van der Waals surface area contributed by atoms with Gasteiger partial charge in [0.15, 0.2) is 4.90 Å². The van der Waals surface area contributed by atoms with Crippen LogP contribution in [-0.2, 0) is 16.4 Å². The number of nitrogens with one attached hydrogen (secondary N) is 1. The lowest BCUT2D eigenvalue weighted by Crippen LogP contribution is -2.14. The van der Waals surface area contributed by atoms with Gasteiger partial charge in [-0.05, 0) is 30.2 Å². The van der Waals surface area contributed by atoms with E-state index in [0.717, 1.165) is 18.4 Å². The number of nitrogens with zero attached hydrogens (tertiary/aromatic N) is 1. The number of sulfonamides is 1. The number of hydrogen-bond donors (Lipinski definition) is 1. The number of nitro benzene ring substituents is 1. The zero-order valence-electron chi connectivity index (χ0n) is 12.0. The third kappa shape index (κ3) is 3.62. The van der Waals surface area contributed by atoms with Gasteiger partial charge in [0.2, 0.25) is 0 Å². The third-order valence-corrected chi connectivity index (χ3v) is 4.52. The summed E-state index contributed by atoms with van der Waals surface area (Å²) in [7, 11) is -4.01. The molecule has 0 aliphatic rings. The molecule has 0 amide bonds. The standard InChI is InChI=1S/C15H16N2O4S/c1-2-5-12-8-10-13(11-9-12)16-22(20,21)15-7-4-3-6-14(15)17(18)19/h3-4,6-11,16H,2,5H2,1H3. The summed E-state index contributed by atoms with van der Waals surface area (Å²) in [4.78, 5) is 9.89. The van der Waals surface area contributed by atoms with Gasteiger partial charge in [0.05, 0.1) is 4.92 Å². The Morgan fingerprint density at radius 1 is 1.09 bits per heavy atom. The van der Waals surface area contributed by atoms with Crippen LogP contribution in [0.5, 0.6) is 0 Å². The summed E-state index contributed by atoms with van der Waals surface area (Å²) in [6, 6.07) is 12.2. The summed E-state index contributed by atoms with van der Waals surface area (Å²) in [5.41, 5.74) is 1.03. The largest absolute Gasteiger partial charge is 0.289 e. The van der Waals surface area contributed by atoms with Gasteiger partial charge in [0.1, 0.15) is 0 Å². The zero-order chi connectivity index (χ0) is 16.2. The molecular formula is C15H16N2O4S. The molecule has 0 unspecified atom stereocenters. The maximum absolute atomic E-state index is 12.3. The van der Waals surface area contributed by atoms with Crippen molar-refractivity contribution in [2.45, 2.75) is 24.7 Å². The van der Waals surface area contributed by atoms with E-state index >= 15 is 0 Å². The average molecular weight is 320 g/mol. The molecule has 116 valence electrons. The van der Waals surface area contributed by atoms with Gasteiger partial charge >= 0.3 is 0 Å². The van der Waals surface area contributed by atoms with Gasteiger partial charge in [0.25, 0.3) is 15.7 Å². The zero-order valence-corrected chi connectivity index (χ0v) is 12.8. The van der Waals surface area contributed by atoms with Crippen molar-refractivity contribution in [2.75, 3.05) is 4.72 Å². The second kappa shape index (κ2) is 6.57. The summed E-state index contributed by atoms with van der Waals surface area (Å²) >= 11 is 0. The van der Waals surface area contributed by atoms with Crippen LogP contribution in [0.25, 0.3) is 0 Å². The van der Waals surface area contributed by atoms with E-state index in [2.05, 4.69) is 11.6 Å². The van der Waals surface area contributed by atoms with E-state index in [9.17, 15) is 18.5 Å². The van der Waals surface area contributed by atoms with Crippen LogP contribution in [0.4, 0.5) is 11.4 Å². The number of anilines is 1. The van der Waals surface area contributed by atoms with Crippen molar-refractivity contribution in [2.24, 2.45) is 0 Å². The summed E-state index contributed by atoms with van der Waals surface area (Å²) in [6.45, 7) is 2.06. The molecule has 0 radical (unpaired) electrons. The summed E-state index contributed by atoms with van der Waals surface area (Å²) in [5, 5.41) is 11.0. The number of hydrogen-bond acceptors (Lipinski definition) is 4. The fourth-order valence-electron chi connectivity index (χ4n) is 2.07. The van der Waals surface area contributed by atoms with E-state index in [4.69, 9.17) is 0 Å². The Bertz CT molecular complexity index is 770. The Morgan fingerprint density at radius 3 is 2.32 bits per heavy atom. The highest BCUT2D eigenvalue weighted by molar-refractivity contribution is 7.92. The summed E-state index contributed by atoms with van der Waals surface area (Å²) in [5.74, 6) is 0. The monoisotopic (exact) mass is 320 g/mol. The molecule has 0 atom stereocenters. The first-order valence-electron chi connectivity index (χ1n) is 6.79. The van der Waals surface area contributed by atoms with Crippen LogP contribution in [0.1, 0.15) is 18.9 Å². The molecular weight excluding hydrogens is 304 g/mol. The summed E-state index contributed by atoms with van der Waals surface area (Å²) < 4.78 is 27.0. The van der Waals surface area contributed by atoms with Crippen LogP contribution in [0.15, 0.2) is 53.4 Å². The molecule has 0 saturated carbocycles. The van der Waals surface area contributed by atoms with E-state index in [1.807, 2.05) is 12.1 Å². The van der Waals surface area contributed by atoms with Crippen molar-refractivity contribution >= 4 is 21.4 Å². The van der Waals surface area contributed by atoms with Crippen LogP contribution in [0, 0.1) is 10.1 Å². The number of para-hydroxylation sites is 1. The minimum absolute atomic E-state index is 0.349. The Labute approximate surface area is 129 Å². The lowest BCUT2D eigenvalue weighted by Gasteiger charge is -2.09. The van der Waals surface area contributed by atoms with Crippen LogP contribution in [-0.4, -0.2) is 13.3 Å². The molecule has 0 aromatic heterocycles. The molecule has 0 spiro atoms. The number of rotatable bonds is 6. The van der Waals surface area contributed by atoms with Crippen molar-refractivity contribution in [1.82, 2.24) is 0 Å². The Hall–Kier alpha value is -2.41. The minimum Gasteiger partial charge on any atom is -0.279 e. The second-order valence-electron chi connectivity index (χ2n) is 4.78. The predicted octanol–water partition coefficient (Wildman–Crippen LogP) is 3.35. The van der Waals surface area contributed by atoms with E-state index in [1.165, 1.54) is 24.3 Å². The molecule has 0 aliphatic heterocycles. The first-order chi connectivity index (χ1) is 10.4. The van der Waals surface area contributed by atoms with Gasteiger partial charge in [-0.1, -0.05) is 37.6 Å². The Balaban J connectivity index is 2.30. The van der Waals surface area contributed by atoms with Crippen molar-refractivity contribution in [3.63, 3.8) is 0 Å². The van der Waals surface area contributed by atoms with Crippen LogP contribution in [0.3, 0.4) is 0 Å². The van der Waals surface area contributed by atoms with E-state index < -0.39 is 20.6 Å². The first-order valence-corrected chi connectivity index (χ1v) is 8.27. The molecule has 0 heterocycles. The van der Waals surface area contributed by atoms with Crippen LogP contribution < -0.4 is 4.72 Å². The van der Waals surface area contributed by atoms with Gasteiger partial charge in [-0.15, -0.1) is 0 Å². The van der Waals surface area contributed by atoms with Gasteiger partial charge in [-0.3, -0.25) is 14.8 Å². The van der Waals surface area contributed by atoms with E-state index in [0.29, 0.717) is 5.69 Å². The number of nitro groups is 1. The molecule has 0 aliphatic carbocycles. The molecule has 2 aromatic carbocycles. The highest BCUT2D eigenvalue weighted by atomic mass is 32.2. The lowest BCUT2D eigenvalue weighted by molar-refractivity contribution is -0.387. The lowest BCUT2D eigenvalue weighted by atomic mass is 10.1. The molecule has 2 rings (SSSR count). The van der Waals surface area contributed by atoms with Gasteiger partial charge < -0.3 is 0 Å². The molecule has 22 heavy (non-hydrogen) atoms. The minimum atomic E-state index is -4.01. The first kappa shape index (κ1) is 16.0. The topological polar surface area (TPSA) is 89.3 Å². The second-order valence-corrected chi connectivity index (χ2v) is 6.43. The average Bonchev–Trinajstić information content (AvgIpc) is 2.49. The Kier molecular flexibility index (Phi) is 4.77. The quantitative estimate of drug-likeness (QED) is 0.653. The number of aryl methyl sites for hydroxylation is 1. The van der Waals surface area contributed by atoms with Crippen molar-refractivity contribution in [3.8, 4) is 0 Å². The fraction of sp³-hybridized carbons (Fsp3) is 0.200. The van der Waals surface area contributed by atoms with Gasteiger partial charge in [0, 0.05) is 11.8 Å². The third-order valence-electron chi connectivity index (χ3n) is 3.10. The van der Waals surface area contributed by atoms with Crippen molar-refractivity contribution in [3.05, 3.63) is 64.2 Å². The van der Waals surface area contributed by atoms with E-state index in [1.54, 1.807) is 12.1 Å². The van der Waals surface area contributed by atoms with Crippen LogP contribution in [0.2, 0.25) is 0 Å². The molecule has 0 saturated heterocycles. The van der Waals surface area contributed by atoms with Gasteiger partial charge in [-0.25, -0.2) is 8.42 Å². The van der Waals surface area contributed by atoms with Crippen molar-refractivity contribution < 1.29 is 13.3 Å². The molecule has 2 aromatic rings. The Morgan fingerprint density at radius 2 is 1.73 bits per heavy atom. The van der Waals surface area contributed by atoms with E-state index in [-0.39, 0.29) is 4.90 Å². The molecule has 7 heteroatoms.